The monoisotopic (exact) mass is 1120 g/mol. The molecule has 452 valence electrons. The number of carbonyl (C=O) groups is 11. The minimum atomic E-state index is -1.66. The van der Waals surface area contributed by atoms with Gasteiger partial charge in [0.2, 0.25) is 47.3 Å². The van der Waals surface area contributed by atoms with E-state index in [0.29, 0.717) is 6.42 Å². The third-order valence-corrected chi connectivity index (χ3v) is 13.7. The van der Waals surface area contributed by atoms with E-state index < -0.39 is 163 Å². The molecule has 0 aromatic rings. The molecule has 79 heavy (non-hydrogen) atoms. The zero-order chi connectivity index (χ0) is 59.9. The molecule has 1 heterocycles. The van der Waals surface area contributed by atoms with E-state index >= 15 is 0 Å². The molecule has 8 amide bonds. The fourth-order valence-corrected chi connectivity index (χ4v) is 9.16. The third-order valence-electron chi connectivity index (χ3n) is 13.7. The van der Waals surface area contributed by atoms with Gasteiger partial charge in [-0.15, -0.1) is 0 Å². The Labute approximate surface area is 465 Å². The Balaban J connectivity index is 3.82. The summed E-state index contributed by atoms with van der Waals surface area (Å²) in [6.45, 7) is 10.7. The summed E-state index contributed by atoms with van der Waals surface area (Å²) in [7, 11) is 0. The highest BCUT2D eigenvalue weighted by Gasteiger charge is 2.38. The summed E-state index contributed by atoms with van der Waals surface area (Å²) in [4.78, 5) is 153. The van der Waals surface area contributed by atoms with E-state index in [2.05, 4.69) is 42.5 Å². The number of unbranched alkanes of at least 4 members (excludes halogenated alkanes) is 3. The highest BCUT2D eigenvalue weighted by atomic mass is 16.3. The predicted molar refractivity (Wildman–Crippen MR) is 295 cm³/mol. The summed E-state index contributed by atoms with van der Waals surface area (Å²) in [6, 6.07) is -10.0. The first-order chi connectivity index (χ1) is 37.3. The maximum absolute atomic E-state index is 14.4. The summed E-state index contributed by atoms with van der Waals surface area (Å²) in [5, 5.41) is 42.1. The van der Waals surface area contributed by atoms with Gasteiger partial charge in [0.25, 0.3) is 0 Å². The number of nitrogens with two attached hydrogens (primary N) is 5. The largest absolute Gasteiger partial charge is 0.391 e. The second-order valence-corrected chi connectivity index (χ2v) is 21.5. The summed E-state index contributed by atoms with van der Waals surface area (Å²) >= 11 is 0. The van der Waals surface area contributed by atoms with E-state index in [-0.39, 0.29) is 95.8 Å². The fraction of sp³-hybridized carbons (Fsp3) is 0.792. The van der Waals surface area contributed by atoms with Gasteiger partial charge in [-0.25, -0.2) is 0 Å². The van der Waals surface area contributed by atoms with Crippen molar-refractivity contribution in [2.45, 2.75) is 199 Å². The topological polar surface area (TPSA) is 455 Å². The van der Waals surface area contributed by atoms with Crippen molar-refractivity contribution in [3.8, 4) is 0 Å². The zero-order valence-corrected chi connectivity index (χ0v) is 47.7. The lowest BCUT2D eigenvalue weighted by Gasteiger charge is -2.29. The van der Waals surface area contributed by atoms with Crippen LogP contribution in [0.25, 0.3) is 0 Å². The lowest BCUT2D eigenvalue weighted by molar-refractivity contribution is -0.137. The molecule has 1 fully saturated rings. The molecule has 0 spiro atoms. The van der Waals surface area contributed by atoms with Crippen molar-refractivity contribution < 1.29 is 63.0 Å². The summed E-state index contributed by atoms with van der Waals surface area (Å²) < 4.78 is 0. The number of Topliss-reactive ketones (excluding diaryl/α,β-unsaturated/α-hetero) is 3. The standard InChI is InChI=1S/C53H97N13O13/c1-8-9-10-11-12-36(69)26-33(13-19-54)47(73)65-44(31(6)67)42(71)27-34(14-20-55)46(72)61-40-18-24-59-52(78)45(32(7)68)66-51(77)39(17-23-58)62-49(75)38(16-22-57)63-53(79)43(30(4)5)64-48(74)35(25-29(2)3)28-41(70)37(15-21-56)60-50(40)76/h29-35,37-40,43-45,67-68H,8-28,54-58H2,1-7H3,(H,59,78)(H,60,76)(H,61,72)(H,62,75)(H,63,79)(H,64,74)(H,65,73)(H,66,77)/t31-,32-,33-,34-,35+,37+,38+,39+,40+,43+,44+,45+/m1/s1. The predicted octanol–water partition coefficient (Wildman–Crippen LogP) is -3.20. The molecule has 1 aliphatic heterocycles. The lowest BCUT2D eigenvalue weighted by Crippen LogP contribution is -2.60. The number of carbonyl (C=O) groups excluding carboxylic acids is 11. The van der Waals surface area contributed by atoms with Gasteiger partial charge in [0.05, 0.1) is 18.2 Å². The average molecular weight is 1120 g/mol. The van der Waals surface area contributed by atoms with Crippen LogP contribution in [0, 0.1) is 29.6 Å². The first kappa shape index (κ1) is 71.5. The van der Waals surface area contributed by atoms with Gasteiger partial charge >= 0.3 is 0 Å². The van der Waals surface area contributed by atoms with Crippen LogP contribution in [0.5, 0.6) is 0 Å². The number of ketones is 3. The van der Waals surface area contributed by atoms with Crippen LogP contribution in [0.15, 0.2) is 0 Å². The number of amides is 8. The van der Waals surface area contributed by atoms with E-state index in [1.54, 1.807) is 13.8 Å². The summed E-state index contributed by atoms with van der Waals surface area (Å²) in [6.07, 6.45) is -1.04. The molecule has 1 saturated heterocycles. The van der Waals surface area contributed by atoms with Gasteiger partial charge in [0, 0.05) is 50.0 Å². The second-order valence-electron chi connectivity index (χ2n) is 21.5. The molecule has 0 saturated carbocycles. The van der Waals surface area contributed by atoms with Gasteiger partial charge in [-0.05, 0) is 110 Å². The van der Waals surface area contributed by atoms with Crippen LogP contribution in [0.4, 0.5) is 0 Å². The van der Waals surface area contributed by atoms with E-state index in [4.69, 9.17) is 28.7 Å². The Bertz CT molecular complexity index is 1990. The Morgan fingerprint density at radius 3 is 1.66 bits per heavy atom. The van der Waals surface area contributed by atoms with Crippen molar-refractivity contribution in [3.05, 3.63) is 0 Å². The van der Waals surface area contributed by atoms with Gasteiger partial charge < -0.3 is 81.4 Å². The fourth-order valence-electron chi connectivity index (χ4n) is 9.16. The van der Waals surface area contributed by atoms with Gasteiger partial charge in [-0.3, -0.25) is 52.7 Å². The van der Waals surface area contributed by atoms with Gasteiger partial charge in [-0.2, -0.15) is 0 Å². The first-order valence-electron chi connectivity index (χ1n) is 28.1. The van der Waals surface area contributed by atoms with Crippen molar-refractivity contribution in [2.75, 3.05) is 39.3 Å². The highest BCUT2D eigenvalue weighted by Crippen LogP contribution is 2.21. The van der Waals surface area contributed by atoms with Crippen LogP contribution in [0.2, 0.25) is 0 Å². The van der Waals surface area contributed by atoms with Crippen LogP contribution < -0.4 is 71.2 Å². The average Bonchev–Trinajstić information content (AvgIpc) is 3.37. The van der Waals surface area contributed by atoms with Crippen LogP contribution in [0.1, 0.15) is 145 Å². The molecule has 0 unspecified atom stereocenters. The smallest absolute Gasteiger partial charge is 0.245 e. The van der Waals surface area contributed by atoms with E-state index in [0.717, 1.165) is 19.3 Å². The molecule has 0 radical (unpaired) electrons. The quantitative estimate of drug-likeness (QED) is 0.0328. The van der Waals surface area contributed by atoms with Gasteiger partial charge in [-0.1, -0.05) is 53.9 Å². The van der Waals surface area contributed by atoms with Gasteiger partial charge in [0.1, 0.15) is 42.0 Å². The number of nitrogens with one attached hydrogen (secondary N) is 8. The third kappa shape index (κ3) is 26.1. The van der Waals surface area contributed by atoms with Crippen molar-refractivity contribution in [2.24, 2.45) is 58.3 Å². The van der Waals surface area contributed by atoms with Crippen molar-refractivity contribution in [1.29, 1.82) is 0 Å². The van der Waals surface area contributed by atoms with Crippen molar-refractivity contribution in [3.63, 3.8) is 0 Å². The summed E-state index contributed by atoms with van der Waals surface area (Å²) in [5.74, 6) is -12.1. The normalized spacial score (nSPS) is 23.6. The molecule has 12 atom stereocenters. The van der Waals surface area contributed by atoms with Crippen LogP contribution in [0.3, 0.4) is 0 Å². The Morgan fingerprint density at radius 1 is 0.608 bits per heavy atom. The second kappa shape index (κ2) is 38.2. The molecule has 0 bridgehead atoms. The van der Waals surface area contributed by atoms with Gasteiger partial charge in [0.15, 0.2) is 11.6 Å². The number of aliphatic hydroxyl groups is 2. The molecule has 26 nitrogen and oxygen atoms in total. The maximum atomic E-state index is 14.4. The molecule has 0 aromatic heterocycles. The molecule has 0 aromatic carbocycles. The number of hydrogen-bond acceptors (Lipinski definition) is 18. The van der Waals surface area contributed by atoms with E-state index in [1.165, 1.54) is 13.8 Å². The molecule has 1 rings (SSSR count). The maximum Gasteiger partial charge on any atom is 0.245 e. The van der Waals surface area contributed by atoms with Crippen LogP contribution in [-0.4, -0.2) is 169 Å². The molecule has 26 heteroatoms. The first-order valence-corrected chi connectivity index (χ1v) is 28.1. The Morgan fingerprint density at radius 2 is 1.14 bits per heavy atom. The van der Waals surface area contributed by atoms with E-state index in [9.17, 15) is 63.0 Å². The number of hydrogen-bond donors (Lipinski definition) is 15. The molecular weight excluding hydrogens is 1030 g/mol. The number of rotatable bonds is 29. The van der Waals surface area contributed by atoms with Crippen molar-refractivity contribution in [1.82, 2.24) is 42.5 Å². The minimum Gasteiger partial charge on any atom is -0.391 e. The SMILES string of the molecule is CCCCCCC(=O)C[C@@H](CCN)C(=O)N[C@H](C(=O)C[C@@H](CCN)C(=O)N[C@H]1CCNC(=O)[C@H]([C@@H](C)O)NC(=O)[C@H](CCN)NC(=O)[C@H](CCN)NC(=O)[C@H](C(C)C)NC(=O)[C@@H](CC(C)C)CC(=O)[C@H](CCN)NC1=O)[C@@H](C)O. The van der Waals surface area contributed by atoms with E-state index in [1.807, 2.05) is 20.8 Å². The van der Waals surface area contributed by atoms with Crippen LogP contribution in [-0.2, 0) is 52.7 Å². The Kier molecular flexibility index (Phi) is 34.6. The molecule has 1 aliphatic rings. The minimum absolute atomic E-state index is 0.0630. The Hall–Kier alpha value is -5.51. The zero-order valence-electron chi connectivity index (χ0n) is 47.7. The number of aliphatic hydroxyl groups excluding tert-OH is 2. The van der Waals surface area contributed by atoms with Crippen molar-refractivity contribution >= 4 is 64.6 Å². The lowest BCUT2D eigenvalue weighted by atomic mass is 9.88. The van der Waals surface area contributed by atoms with Crippen LogP contribution >= 0.6 is 0 Å². The molecule has 20 N–H and O–H groups in total. The molecular formula is C53H97N13O13. The highest BCUT2D eigenvalue weighted by molar-refractivity contribution is 5.99. The summed E-state index contributed by atoms with van der Waals surface area (Å²) in [5.41, 5.74) is 29.3. The molecule has 0 aliphatic carbocycles.